The van der Waals surface area contributed by atoms with Gasteiger partial charge in [-0.05, 0) is 16.3 Å². The van der Waals surface area contributed by atoms with Gasteiger partial charge in [0, 0.05) is 0 Å². The first-order valence-corrected chi connectivity index (χ1v) is 8.35. The molecular weight excluding hydrogens is 212 g/mol. The lowest BCUT2D eigenvalue weighted by Crippen LogP contribution is -2.55. The summed E-state index contributed by atoms with van der Waals surface area (Å²) in [4.78, 5) is 11.1. The molecule has 1 unspecified atom stereocenters. The second-order valence-corrected chi connectivity index (χ2v) is 9.88. The fourth-order valence-electron chi connectivity index (χ4n) is 2.10. The molecule has 0 saturated heterocycles. The normalized spacial score (nSPS) is 15.8. The second-order valence-electron chi connectivity index (χ2n) is 5.58. The Kier molecular flexibility index (Phi) is 4.33. The molecule has 0 aliphatic heterocycles. The van der Waals surface area contributed by atoms with Crippen molar-refractivity contribution in [3.8, 4) is 0 Å². The lowest BCUT2D eigenvalue weighted by Gasteiger charge is -2.38. The van der Waals surface area contributed by atoms with Crippen molar-refractivity contribution in [3.05, 3.63) is 30.3 Å². The van der Waals surface area contributed by atoms with Crippen LogP contribution in [0.2, 0.25) is 11.1 Å². The summed E-state index contributed by atoms with van der Waals surface area (Å²) in [7, 11) is -2.35. The van der Waals surface area contributed by atoms with Crippen molar-refractivity contribution in [3.63, 3.8) is 0 Å². The summed E-state index contributed by atoms with van der Waals surface area (Å²) >= 11 is 0. The Bertz CT molecular complexity index is 315. The Labute approximate surface area is 101 Å². The molecule has 1 rings (SSSR count). The van der Waals surface area contributed by atoms with Gasteiger partial charge in [0.1, 0.15) is 0 Å². The average Bonchev–Trinajstić information content (AvgIpc) is 2.25. The van der Waals surface area contributed by atoms with E-state index in [1.807, 2.05) is 18.2 Å². The van der Waals surface area contributed by atoms with Gasteiger partial charge in [0.25, 0.3) is 0 Å². The first-order chi connectivity index (χ1) is 7.42. The fraction of sp³-hybridized carbons (Fsp3) is 0.571. The number of benzene rings is 1. The molecule has 2 heteroatoms. The van der Waals surface area contributed by atoms with Gasteiger partial charge >= 0.3 is 0 Å². The molecule has 1 aromatic carbocycles. The van der Waals surface area contributed by atoms with Gasteiger partial charge in [-0.25, -0.2) is 0 Å². The van der Waals surface area contributed by atoms with Crippen molar-refractivity contribution >= 4 is 13.5 Å². The topological polar surface area (TPSA) is 20.2 Å². The lowest BCUT2D eigenvalue weighted by atomic mass is 10.2. The fourth-order valence-corrected chi connectivity index (χ4v) is 5.61. The van der Waals surface area contributed by atoms with Crippen LogP contribution in [0, 0.1) is 0 Å². The second kappa shape index (κ2) is 5.15. The molecule has 1 atom stereocenters. The van der Waals surface area contributed by atoms with Crippen molar-refractivity contribution in [2.24, 2.45) is 0 Å². The van der Waals surface area contributed by atoms with Crippen LogP contribution < -0.4 is 5.19 Å². The van der Waals surface area contributed by atoms with E-state index in [-0.39, 0.29) is 5.04 Å². The van der Waals surface area contributed by atoms with Gasteiger partial charge in [-0.2, -0.15) is 0 Å². The Hall–Kier alpha value is -0.603. The molecule has 16 heavy (non-hydrogen) atoms. The van der Waals surface area contributed by atoms with Crippen molar-refractivity contribution < 1.29 is 4.80 Å². The largest absolute Gasteiger partial charge is 0.427 e. The van der Waals surface area contributed by atoms with E-state index in [2.05, 4.69) is 39.8 Å². The maximum Gasteiger partial charge on any atom is 0.225 e. The van der Waals surface area contributed by atoms with Crippen molar-refractivity contribution in [2.45, 2.75) is 51.6 Å². The van der Waals surface area contributed by atoms with Crippen LogP contribution in [-0.2, 0) is 0 Å². The van der Waals surface area contributed by atoms with E-state index in [0.29, 0.717) is 0 Å². The summed E-state index contributed by atoms with van der Waals surface area (Å²) in [6.45, 7) is 8.69. The maximum atomic E-state index is 11.1. The highest BCUT2D eigenvalue weighted by Crippen LogP contribution is 2.37. The molecular formula is C14H24OSi. The Morgan fingerprint density at radius 3 is 2.12 bits per heavy atom. The molecule has 0 amide bonds. The van der Waals surface area contributed by atoms with Gasteiger partial charge in [0.05, 0.1) is 0 Å². The average molecular weight is 236 g/mol. The van der Waals surface area contributed by atoms with Crippen molar-refractivity contribution in [1.82, 2.24) is 0 Å². The van der Waals surface area contributed by atoms with Gasteiger partial charge in [-0.1, -0.05) is 70.9 Å². The molecule has 0 aliphatic carbocycles. The Morgan fingerprint density at radius 2 is 1.69 bits per heavy atom. The third-order valence-electron chi connectivity index (χ3n) is 3.38. The predicted octanol–water partition coefficient (Wildman–Crippen LogP) is 3.43. The molecule has 1 nitrogen and oxygen atoms in total. The van der Waals surface area contributed by atoms with Gasteiger partial charge in [0.15, 0.2) is 0 Å². The van der Waals surface area contributed by atoms with Crippen LogP contribution in [0.5, 0.6) is 0 Å². The molecule has 0 radical (unpaired) electrons. The van der Waals surface area contributed by atoms with E-state index < -0.39 is 8.32 Å². The Morgan fingerprint density at radius 1 is 1.12 bits per heavy atom. The zero-order chi connectivity index (χ0) is 12.2. The number of hydrogen-bond donors (Lipinski definition) is 1. The zero-order valence-electron chi connectivity index (χ0n) is 11.0. The van der Waals surface area contributed by atoms with Crippen molar-refractivity contribution in [2.75, 3.05) is 0 Å². The summed E-state index contributed by atoms with van der Waals surface area (Å²) in [5, 5.41) is 1.18. The minimum absolute atomic E-state index is 0.00350. The molecule has 0 saturated carbocycles. The summed E-state index contributed by atoms with van der Waals surface area (Å²) in [5.41, 5.74) is 0. The summed E-state index contributed by atoms with van der Waals surface area (Å²) in [5.74, 6) is 0. The molecule has 1 N–H and O–H groups in total. The van der Waals surface area contributed by atoms with Crippen LogP contribution in [0.4, 0.5) is 0 Å². The van der Waals surface area contributed by atoms with Gasteiger partial charge in [0.2, 0.25) is 8.32 Å². The first-order valence-electron chi connectivity index (χ1n) is 6.19. The van der Waals surface area contributed by atoms with Crippen molar-refractivity contribution in [1.29, 1.82) is 0 Å². The highest BCUT2D eigenvalue weighted by Gasteiger charge is 2.44. The first kappa shape index (κ1) is 13.5. The maximum absolute atomic E-state index is 11.1. The van der Waals surface area contributed by atoms with E-state index in [9.17, 15) is 4.80 Å². The van der Waals surface area contributed by atoms with Gasteiger partial charge in [-0.15, -0.1) is 0 Å². The standard InChI is InChI=1S/C14H24OSi/c1-5-6-12-16(15,14(2,3)4)13-10-8-7-9-11-13/h7-11,15H,5-6,12H2,1-4H3. The third-order valence-corrected chi connectivity index (χ3v) is 8.23. The zero-order valence-corrected chi connectivity index (χ0v) is 12.0. The SMILES string of the molecule is CCCC[Si](O)(c1ccccc1)C(C)(C)C. The van der Waals surface area contributed by atoms with Crippen LogP contribution in [0.1, 0.15) is 40.5 Å². The summed E-state index contributed by atoms with van der Waals surface area (Å²) < 4.78 is 0. The molecule has 0 heterocycles. The Balaban J connectivity index is 3.05. The number of hydrogen-bond acceptors (Lipinski definition) is 1. The quantitative estimate of drug-likeness (QED) is 0.794. The van der Waals surface area contributed by atoms with Crippen LogP contribution in [0.3, 0.4) is 0 Å². The summed E-state index contributed by atoms with van der Waals surface area (Å²) in [6.07, 6.45) is 2.27. The van der Waals surface area contributed by atoms with E-state index in [0.717, 1.165) is 18.9 Å². The molecule has 0 fully saturated rings. The highest BCUT2D eigenvalue weighted by atomic mass is 28.4. The van der Waals surface area contributed by atoms with E-state index in [4.69, 9.17) is 0 Å². The predicted molar refractivity (Wildman–Crippen MR) is 73.5 cm³/mol. The van der Waals surface area contributed by atoms with E-state index in [1.165, 1.54) is 5.19 Å². The lowest BCUT2D eigenvalue weighted by molar-refractivity contribution is 0.480. The molecule has 90 valence electrons. The van der Waals surface area contributed by atoms with Crippen LogP contribution in [-0.4, -0.2) is 13.1 Å². The highest BCUT2D eigenvalue weighted by molar-refractivity contribution is 6.87. The number of rotatable bonds is 4. The molecule has 1 aromatic rings. The van der Waals surface area contributed by atoms with Crippen LogP contribution in [0.15, 0.2) is 30.3 Å². The number of unbranched alkanes of at least 4 members (excludes halogenated alkanes) is 1. The molecule has 0 bridgehead atoms. The van der Waals surface area contributed by atoms with Crippen LogP contribution >= 0.6 is 0 Å². The van der Waals surface area contributed by atoms with Gasteiger partial charge < -0.3 is 4.80 Å². The third kappa shape index (κ3) is 2.74. The molecule has 0 aromatic heterocycles. The monoisotopic (exact) mass is 236 g/mol. The van der Waals surface area contributed by atoms with Gasteiger partial charge in [-0.3, -0.25) is 0 Å². The minimum atomic E-state index is -2.35. The molecule has 0 aliphatic rings. The summed E-state index contributed by atoms with van der Waals surface area (Å²) in [6, 6.07) is 11.2. The minimum Gasteiger partial charge on any atom is -0.427 e. The van der Waals surface area contributed by atoms with Crippen LogP contribution in [0.25, 0.3) is 0 Å². The smallest absolute Gasteiger partial charge is 0.225 e. The van der Waals surface area contributed by atoms with E-state index in [1.54, 1.807) is 0 Å². The van der Waals surface area contributed by atoms with E-state index >= 15 is 0 Å². The molecule has 0 spiro atoms.